The summed E-state index contributed by atoms with van der Waals surface area (Å²) in [5, 5.41) is 23.5. The number of nitro benzene ring substituents is 2. The van der Waals surface area contributed by atoms with Crippen LogP contribution in [0.1, 0.15) is 0 Å². The van der Waals surface area contributed by atoms with Gasteiger partial charge in [-0.1, -0.05) is 35.9 Å². The predicted octanol–water partition coefficient (Wildman–Crippen LogP) is 5.63. The van der Waals surface area contributed by atoms with Crippen molar-refractivity contribution in [3.63, 3.8) is 0 Å². The highest BCUT2D eigenvalue weighted by Crippen LogP contribution is 2.43. The van der Waals surface area contributed by atoms with Crippen LogP contribution in [0, 0.1) is 20.2 Å². The molecule has 3 rings (SSSR count). The normalized spacial score (nSPS) is 10.3. The molecule has 0 heterocycles. The number of nitrogens with zero attached hydrogens (tertiary/aromatic N) is 3. The maximum absolute atomic E-state index is 11.5. The molecule has 0 aliphatic rings. The number of hydrogen-bond acceptors (Lipinski definition) is 5. The zero-order chi connectivity index (χ0) is 18.7. The van der Waals surface area contributed by atoms with Gasteiger partial charge in [-0.05, 0) is 36.4 Å². The van der Waals surface area contributed by atoms with Crippen molar-refractivity contribution < 1.29 is 9.85 Å². The highest BCUT2D eigenvalue weighted by atomic mass is 35.5. The lowest BCUT2D eigenvalue weighted by Gasteiger charge is -2.24. The number of benzene rings is 3. The highest BCUT2D eigenvalue weighted by molar-refractivity contribution is 6.30. The first-order valence-electron chi connectivity index (χ1n) is 7.51. The van der Waals surface area contributed by atoms with Gasteiger partial charge in [-0.25, -0.2) is 0 Å². The Morgan fingerprint density at radius 1 is 0.692 bits per heavy atom. The number of hydrogen-bond donors (Lipinski definition) is 0. The van der Waals surface area contributed by atoms with Gasteiger partial charge >= 0.3 is 0 Å². The van der Waals surface area contributed by atoms with Gasteiger partial charge in [0.25, 0.3) is 11.4 Å². The first-order valence-corrected chi connectivity index (χ1v) is 7.89. The molecule has 0 radical (unpaired) electrons. The van der Waals surface area contributed by atoms with E-state index in [1.807, 2.05) is 0 Å². The summed E-state index contributed by atoms with van der Waals surface area (Å²) in [6.45, 7) is 0. The molecule has 0 N–H and O–H groups in total. The van der Waals surface area contributed by atoms with Crippen LogP contribution in [-0.2, 0) is 0 Å². The SMILES string of the molecule is O=[N+]([O-])c1ccccc1N(c1ccc(Cl)cc1)c1ccccc1[N+](=O)[O-]. The van der Waals surface area contributed by atoms with Crippen LogP contribution < -0.4 is 4.90 Å². The molecule has 0 unspecified atom stereocenters. The standard InChI is InChI=1S/C18H12ClN3O4/c19-13-9-11-14(12-10-13)20(15-5-1-3-7-17(15)21(23)24)16-6-2-4-8-18(16)22(25)26/h1-12H. The smallest absolute Gasteiger partial charge is 0.293 e. The lowest BCUT2D eigenvalue weighted by atomic mass is 10.1. The topological polar surface area (TPSA) is 89.5 Å². The van der Waals surface area contributed by atoms with Gasteiger partial charge in [0.2, 0.25) is 0 Å². The molecule has 7 nitrogen and oxygen atoms in total. The lowest BCUT2D eigenvalue weighted by Crippen LogP contribution is -2.13. The van der Waals surface area contributed by atoms with E-state index in [0.29, 0.717) is 10.7 Å². The number of para-hydroxylation sites is 4. The zero-order valence-electron chi connectivity index (χ0n) is 13.3. The van der Waals surface area contributed by atoms with Gasteiger partial charge in [0.15, 0.2) is 0 Å². The van der Waals surface area contributed by atoms with Crippen LogP contribution in [-0.4, -0.2) is 9.85 Å². The molecular weight excluding hydrogens is 358 g/mol. The van der Waals surface area contributed by atoms with Crippen LogP contribution in [0.4, 0.5) is 28.4 Å². The third-order valence-corrected chi connectivity index (χ3v) is 3.98. The Morgan fingerprint density at radius 2 is 1.12 bits per heavy atom. The van der Waals surface area contributed by atoms with Crippen molar-refractivity contribution in [1.82, 2.24) is 0 Å². The van der Waals surface area contributed by atoms with Crippen molar-refractivity contribution in [2.24, 2.45) is 0 Å². The third kappa shape index (κ3) is 3.33. The van der Waals surface area contributed by atoms with E-state index in [2.05, 4.69) is 0 Å². The molecule has 3 aromatic carbocycles. The fourth-order valence-corrected chi connectivity index (χ4v) is 2.74. The van der Waals surface area contributed by atoms with E-state index in [-0.39, 0.29) is 22.7 Å². The summed E-state index contributed by atoms with van der Waals surface area (Å²) in [4.78, 5) is 23.4. The molecule has 0 bridgehead atoms. The van der Waals surface area contributed by atoms with Gasteiger partial charge in [-0.2, -0.15) is 0 Å². The predicted molar refractivity (Wildman–Crippen MR) is 99.4 cm³/mol. The van der Waals surface area contributed by atoms with Gasteiger partial charge in [-0.3, -0.25) is 25.1 Å². The molecular formula is C18H12ClN3O4. The van der Waals surface area contributed by atoms with Gasteiger partial charge < -0.3 is 0 Å². The maximum Gasteiger partial charge on any atom is 0.293 e. The van der Waals surface area contributed by atoms with Crippen LogP contribution in [0.3, 0.4) is 0 Å². The van der Waals surface area contributed by atoms with Gasteiger partial charge in [0, 0.05) is 22.8 Å². The van der Waals surface area contributed by atoms with Crippen molar-refractivity contribution in [2.75, 3.05) is 4.90 Å². The van der Waals surface area contributed by atoms with E-state index < -0.39 is 9.85 Å². The molecule has 26 heavy (non-hydrogen) atoms. The molecule has 0 aliphatic heterocycles. The molecule has 0 fully saturated rings. The summed E-state index contributed by atoms with van der Waals surface area (Å²) in [6, 6.07) is 18.7. The van der Waals surface area contributed by atoms with E-state index >= 15 is 0 Å². The summed E-state index contributed by atoms with van der Waals surface area (Å²) >= 11 is 5.94. The Kier molecular flexibility index (Phi) is 4.81. The quantitative estimate of drug-likeness (QED) is 0.429. The minimum Gasteiger partial charge on any atom is -0.298 e. The minimum absolute atomic E-state index is 0.166. The summed E-state index contributed by atoms with van der Waals surface area (Å²) in [5.41, 5.74) is 0.613. The average Bonchev–Trinajstić information content (AvgIpc) is 2.64. The highest BCUT2D eigenvalue weighted by Gasteiger charge is 2.27. The summed E-state index contributed by atoms with van der Waals surface area (Å²) < 4.78 is 0. The second-order valence-corrected chi connectivity index (χ2v) is 5.74. The molecule has 8 heteroatoms. The summed E-state index contributed by atoms with van der Waals surface area (Å²) in [7, 11) is 0. The number of halogens is 1. The lowest BCUT2D eigenvalue weighted by molar-refractivity contribution is -0.384. The Bertz CT molecular complexity index is 919. The molecule has 0 amide bonds. The van der Waals surface area contributed by atoms with Crippen LogP contribution in [0.5, 0.6) is 0 Å². The molecule has 3 aromatic rings. The van der Waals surface area contributed by atoms with E-state index in [1.165, 1.54) is 17.0 Å². The monoisotopic (exact) mass is 369 g/mol. The molecule has 0 saturated carbocycles. The molecule has 0 saturated heterocycles. The molecule has 0 atom stereocenters. The number of anilines is 3. The second-order valence-electron chi connectivity index (χ2n) is 5.30. The average molecular weight is 370 g/mol. The minimum atomic E-state index is -0.521. The van der Waals surface area contributed by atoms with Gasteiger partial charge in [-0.15, -0.1) is 0 Å². The van der Waals surface area contributed by atoms with Crippen LogP contribution in [0.2, 0.25) is 5.02 Å². The zero-order valence-corrected chi connectivity index (χ0v) is 14.0. The van der Waals surface area contributed by atoms with Crippen LogP contribution in [0.25, 0.3) is 0 Å². The van der Waals surface area contributed by atoms with E-state index in [4.69, 9.17) is 11.6 Å². The molecule has 0 aliphatic carbocycles. The first kappa shape index (κ1) is 17.4. The fraction of sp³-hybridized carbons (Fsp3) is 0. The molecule has 0 spiro atoms. The van der Waals surface area contributed by atoms with Crippen LogP contribution >= 0.6 is 11.6 Å². The molecule has 0 aromatic heterocycles. The van der Waals surface area contributed by atoms with Crippen molar-refractivity contribution in [2.45, 2.75) is 0 Å². The number of rotatable bonds is 5. The first-order chi connectivity index (χ1) is 12.5. The number of nitro groups is 2. The van der Waals surface area contributed by atoms with Crippen molar-refractivity contribution in [3.8, 4) is 0 Å². The fourth-order valence-electron chi connectivity index (χ4n) is 2.61. The van der Waals surface area contributed by atoms with E-state index in [0.717, 1.165) is 0 Å². The summed E-state index contributed by atoms with van der Waals surface area (Å²) in [6.07, 6.45) is 0. The van der Waals surface area contributed by atoms with Gasteiger partial charge in [0.05, 0.1) is 9.85 Å². The maximum atomic E-state index is 11.5. The molecule has 130 valence electrons. The van der Waals surface area contributed by atoms with Crippen molar-refractivity contribution in [3.05, 3.63) is 98.0 Å². The largest absolute Gasteiger partial charge is 0.298 e. The Morgan fingerprint density at radius 3 is 1.54 bits per heavy atom. The Labute approximate surface area is 153 Å². The third-order valence-electron chi connectivity index (χ3n) is 3.72. The van der Waals surface area contributed by atoms with Crippen LogP contribution in [0.15, 0.2) is 72.8 Å². The van der Waals surface area contributed by atoms with Crippen molar-refractivity contribution in [1.29, 1.82) is 0 Å². The van der Waals surface area contributed by atoms with E-state index in [9.17, 15) is 20.2 Å². The van der Waals surface area contributed by atoms with E-state index in [1.54, 1.807) is 60.7 Å². The van der Waals surface area contributed by atoms with Crippen molar-refractivity contribution >= 4 is 40.0 Å². The van der Waals surface area contributed by atoms with Gasteiger partial charge in [0.1, 0.15) is 11.4 Å². The summed E-state index contributed by atoms with van der Waals surface area (Å²) in [5.74, 6) is 0. The second kappa shape index (κ2) is 7.20. The Balaban J connectivity index is 2.30. The Hall–Kier alpha value is -3.45.